The minimum Gasteiger partial charge on any atom is -0.299 e. The molecule has 1 aliphatic rings. The van der Waals surface area contributed by atoms with Crippen LogP contribution >= 0.6 is 15.9 Å². The molecular weight excluding hydrogens is 297 g/mol. The van der Waals surface area contributed by atoms with E-state index in [1.165, 1.54) is 0 Å². The number of alkyl halides is 4. The number of rotatable bonds is 4. The van der Waals surface area contributed by atoms with Gasteiger partial charge in [0.25, 0.3) is 0 Å². The fraction of sp³-hybridized carbons (Fsp3) is 1.00. The Morgan fingerprint density at radius 2 is 1.71 bits per heavy atom. The van der Waals surface area contributed by atoms with Gasteiger partial charge in [-0.2, -0.15) is 13.2 Å². The number of hydrogen-bond donors (Lipinski definition) is 0. The maximum atomic E-state index is 12.4. The summed E-state index contributed by atoms with van der Waals surface area (Å²) in [5, 5.41) is 0. The molecule has 1 aliphatic heterocycles. The molecule has 1 rings (SSSR count). The molecule has 1 saturated heterocycles. The van der Waals surface area contributed by atoms with Crippen molar-refractivity contribution in [3.8, 4) is 0 Å². The lowest BCUT2D eigenvalue weighted by Crippen LogP contribution is -2.51. The molecule has 102 valence electrons. The normalized spacial score (nSPS) is 23.6. The highest BCUT2D eigenvalue weighted by molar-refractivity contribution is 9.09. The van der Waals surface area contributed by atoms with Crippen molar-refractivity contribution in [3.05, 3.63) is 0 Å². The van der Waals surface area contributed by atoms with E-state index in [-0.39, 0.29) is 6.54 Å². The molecule has 0 N–H and O–H groups in total. The van der Waals surface area contributed by atoms with Crippen LogP contribution in [0.1, 0.15) is 20.3 Å². The number of piperazine rings is 1. The van der Waals surface area contributed by atoms with Crippen LogP contribution < -0.4 is 0 Å². The zero-order valence-electron chi connectivity index (χ0n) is 10.3. The maximum absolute atomic E-state index is 12.4. The second kappa shape index (κ2) is 6.38. The molecule has 0 radical (unpaired) electrons. The van der Waals surface area contributed by atoms with Gasteiger partial charge in [-0.1, -0.05) is 22.9 Å². The molecule has 0 aliphatic carbocycles. The fourth-order valence-corrected chi connectivity index (χ4v) is 2.38. The molecule has 0 spiro atoms. The third kappa shape index (κ3) is 4.75. The zero-order chi connectivity index (χ0) is 13.1. The van der Waals surface area contributed by atoms with Crippen molar-refractivity contribution in [1.82, 2.24) is 9.80 Å². The summed E-state index contributed by atoms with van der Waals surface area (Å²) in [6, 6.07) is 0.527. The van der Waals surface area contributed by atoms with Gasteiger partial charge in [-0.3, -0.25) is 9.80 Å². The average molecular weight is 317 g/mol. The van der Waals surface area contributed by atoms with E-state index in [0.717, 1.165) is 32.6 Å². The van der Waals surface area contributed by atoms with Crippen LogP contribution in [-0.4, -0.2) is 59.6 Å². The summed E-state index contributed by atoms with van der Waals surface area (Å²) in [6.45, 7) is 7.54. The zero-order valence-corrected chi connectivity index (χ0v) is 11.9. The molecule has 0 saturated carbocycles. The Kier molecular flexibility index (Phi) is 5.73. The summed E-state index contributed by atoms with van der Waals surface area (Å²) in [6.07, 6.45) is -3.06. The first kappa shape index (κ1) is 15.2. The van der Waals surface area contributed by atoms with E-state index in [2.05, 4.69) is 34.7 Å². The van der Waals surface area contributed by atoms with Crippen LogP contribution in [-0.2, 0) is 0 Å². The Morgan fingerprint density at radius 1 is 1.18 bits per heavy atom. The predicted octanol–water partition coefficient (Wildman–Crippen LogP) is 2.73. The van der Waals surface area contributed by atoms with Crippen LogP contribution in [0.2, 0.25) is 0 Å². The highest BCUT2D eigenvalue weighted by Gasteiger charge is 2.39. The van der Waals surface area contributed by atoms with E-state index in [9.17, 15) is 13.2 Å². The van der Waals surface area contributed by atoms with Gasteiger partial charge in [-0.15, -0.1) is 0 Å². The van der Waals surface area contributed by atoms with Crippen LogP contribution in [0.3, 0.4) is 0 Å². The molecule has 17 heavy (non-hydrogen) atoms. The van der Waals surface area contributed by atoms with Crippen molar-refractivity contribution in [2.45, 2.75) is 37.3 Å². The van der Waals surface area contributed by atoms with Gasteiger partial charge in [0, 0.05) is 38.8 Å². The second-order valence-electron chi connectivity index (χ2n) is 4.60. The summed E-state index contributed by atoms with van der Waals surface area (Å²) in [5.74, 6) is 0. The van der Waals surface area contributed by atoms with Crippen molar-refractivity contribution in [1.29, 1.82) is 0 Å². The van der Waals surface area contributed by atoms with E-state index in [1.807, 2.05) is 4.90 Å². The standard InChI is InChI=1S/C11H20BrF3N2/c1-3-9(2)17-6-4-16(5-7-17)8-10(12)11(13,14)15/h9-10H,3-8H2,1-2H3. The van der Waals surface area contributed by atoms with E-state index in [1.54, 1.807) is 0 Å². The Morgan fingerprint density at radius 3 is 2.12 bits per heavy atom. The largest absolute Gasteiger partial charge is 0.402 e. The molecule has 2 nitrogen and oxygen atoms in total. The van der Waals surface area contributed by atoms with Crippen molar-refractivity contribution in [2.75, 3.05) is 32.7 Å². The van der Waals surface area contributed by atoms with E-state index >= 15 is 0 Å². The first-order valence-corrected chi connectivity index (χ1v) is 6.93. The molecule has 2 unspecified atom stereocenters. The van der Waals surface area contributed by atoms with Gasteiger partial charge in [0.2, 0.25) is 0 Å². The highest BCUT2D eigenvalue weighted by Crippen LogP contribution is 2.27. The van der Waals surface area contributed by atoms with Crippen LogP contribution in [0.15, 0.2) is 0 Å². The van der Waals surface area contributed by atoms with Gasteiger partial charge in [-0.25, -0.2) is 0 Å². The maximum Gasteiger partial charge on any atom is 0.402 e. The van der Waals surface area contributed by atoms with Crippen molar-refractivity contribution < 1.29 is 13.2 Å². The minimum absolute atomic E-state index is 0.0534. The topological polar surface area (TPSA) is 6.48 Å². The first-order valence-electron chi connectivity index (χ1n) is 6.01. The van der Waals surface area contributed by atoms with E-state index in [0.29, 0.717) is 6.04 Å². The van der Waals surface area contributed by atoms with E-state index < -0.39 is 11.0 Å². The Labute approximate surface area is 109 Å². The summed E-state index contributed by atoms with van der Waals surface area (Å²) in [4.78, 5) is 2.81. The summed E-state index contributed by atoms with van der Waals surface area (Å²) >= 11 is 2.71. The van der Waals surface area contributed by atoms with Crippen molar-refractivity contribution in [2.24, 2.45) is 0 Å². The molecule has 6 heteroatoms. The second-order valence-corrected chi connectivity index (χ2v) is 5.71. The van der Waals surface area contributed by atoms with Crippen LogP contribution in [0.5, 0.6) is 0 Å². The number of nitrogens with zero attached hydrogens (tertiary/aromatic N) is 2. The molecule has 0 amide bonds. The molecule has 0 bridgehead atoms. The summed E-state index contributed by atoms with van der Waals surface area (Å²) in [7, 11) is 0. The SMILES string of the molecule is CCC(C)N1CCN(CC(Br)C(F)(F)F)CC1. The number of halogens is 4. The number of hydrogen-bond acceptors (Lipinski definition) is 2. The van der Waals surface area contributed by atoms with Gasteiger partial charge in [0.15, 0.2) is 0 Å². The fourth-order valence-electron chi connectivity index (χ4n) is 1.98. The lowest BCUT2D eigenvalue weighted by atomic mass is 10.2. The van der Waals surface area contributed by atoms with Crippen LogP contribution in [0.25, 0.3) is 0 Å². The molecule has 1 fully saturated rings. The lowest BCUT2D eigenvalue weighted by molar-refractivity contribution is -0.131. The van der Waals surface area contributed by atoms with Crippen molar-refractivity contribution >= 4 is 15.9 Å². The first-order chi connectivity index (χ1) is 7.84. The Bertz CT molecular complexity index is 227. The highest BCUT2D eigenvalue weighted by atomic mass is 79.9. The molecule has 0 aromatic heterocycles. The molecule has 2 atom stereocenters. The van der Waals surface area contributed by atoms with Crippen molar-refractivity contribution in [3.63, 3.8) is 0 Å². The van der Waals surface area contributed by atoms with Crippen LogP contribution in [0, 0.1) is 0 Å². The smallest absolute Gasteiger partial charge is 0.299 e. The third-order valence-corrected chi connectivity index (χ3v) is 4.20. The van der Waals surface area contributed by atoms with Gasteiger partial charge >= 0.3 is 6.18 Å². The quantitative estimate of drug-likeness (QED) is 0.736. The molecular formula is C11H20BrF3N2. The molecule has 0 aromatic rings. The predicted molar refractivity (Wildman–Crippen MR) is 66.5 cm³/mol. The van der Waals surface area contributed by atoms with Gasteiger partial charge < -0.3 is 0 Å². The Hall–Kier alpha value is 0.190. The lowest BCUT2D eigenvalue weighted by Gasteiger charge is -2.38. The monoisotopic (exact) mass is 316 g/mol. The minimum atomic E-state index is -4.14. The Balaban J connectivity index is 2.33. The third-order valence-electron chi connectivity index (χ3n) is 3.39. The molecule has 0 aromatic carbocycles. The van der Waals surface area contributed by atoms with Gasteiger partial charge in [0.1, 0.15) is 4.83 Å². The summed E-state index contributed by atoms with van der Waals surface area (Å²) in [5.41, 5.74) is 0. The molecule has 1 heterocycles. The average Bonchev–Trinajstić information content (AvgIpc) is 2.27. The van der Waals surface area contributed by atoms with Crippen LogP contribution in [0.4, 0.5) is 13.2 Å². The van der Waals surface area contributed by atoms with Gasteiger partial charge in [-0.05, 0) is 13.3 Å². The summed E-state index contributed by atoms with van der Waals surface area (Å²) < 4.78 is 37.1. The van der Waals surface area contributed by atoms with E-state index in [4.69, 9.17) is 0 Å². The van der Waals surface area contributed by atoms with Gasteiger partial charge in [0.05, 0.1) is 0 Å².